The van der Waals surface area contributed by atoms with Crippen LogP contribution in [-0.4, -0.2) is 47.6 Å². The molecule has 2 aromatic carbocycles. The van der Waals surface area contributed by atoms with E-state index in [2.05, 4.69) is 34.4 Å². The number of carbonyl (C=O) groups excluding carboxylic acids is 2. The molecule has 2 heterocycles. The van der Waals surface area contributed by atoms with Gasteiger partial charge in [-0.1, -0.05) is 64.2 Å². The van der Waals surface area contributed by atoms with Crippen LogP contribution in [0.3, 0.4) is 0 Å². The lowest BCUT2D eigenvalue weighted by Gasteiger charge is -2.35. The Labute approximate surface area is 255 Å². The summed E-state index contributed by atoms with van der Waals surface area (Å²) in [5, 5.41) is 0.594. The molecule has 0 spiro atoms. The van der Waals surface area contributed by atoms with Gasteiger partial charge < -0.3 is 19.1 Å². The summed E-state index contributed by atoms with van der Waals surface area (Å²) in [5.74, 6) is 6.11. The molecule has 0 N–H and O–H groups in total. The van der Waals surface area contributed by atoms with Crippen LogP contribution in [-0.2, 0) is 25.7 Å². The van der Waals surface area contributed by atoms with E-state index < -0.39 is 11.9 Å². The molecule has 0 aliphatic carbocycles. The Hall–Kier alpha value is -2.54. The van der Waals surface area contributed by atoms with Crippen LogP contribution in [0.5, 0.6) is 5.75 Å². The Morgan fingerprint density at radius 3 is 2.70 bits per heavy atom. The minimum absolute atomic E-state index is 0.0274. The van der Waals surface area contributed by atoms with Crippen molar-refractivity contribution in [3.8, 4) is 17.6 Å². The third-order valence-electron chi connectivity index (χ3n) is 7.29. The van der Waals surface area contributed by atoms with Crippen LogP contribution in [0, 0.1) is 11.8 Å². The van der Waals surface area contributed by atoms with Gasteiger partial charge >= 0.3 is 5.97 Å². The number of esters is 1. The molecule has 0 aromatic heterocycles. The van der Waals surface area contributed by atoms with Crippen molar-refractivity contribution >= 4 is 46.1 Å². The first-order valence-electron chi connectivity index (χ1n) is 13.7. The maximum Gasteiger partial charge on any atom is 0.336 e. The second-order valence-electron chi connectivity index (χ2n) is 10.00. The predicted molar refractivity (Wildman–Crippen MR) is 165 cm³/mol. The van der Waals surface area contributed by atoms with E-state index in [-0.39, 0.29) is 25.0 Å². The highest BCUT2D eigenvalue weighted by atomic mass is 127. The van der Waals surface area contributed by atoms with Crippen LogP contribution in [0.25, 0.3) is 0 Å². The zero-order chi connectivity index (χ0) is 28.5. The molecule has 8 heteroatoms. The maximum atomic E-state index is 13.7. The number of hydrogen-bond acceptors (Lipinski definition) is 5. The smallest absolute Gasteiger partial charge is 0.336 e. The van der Waals surface area contributed by atoms with E-state index in [1.54, 1.807) is 24.1 Å². The van der Waals surface area contributed by atoms with E-state index in [4.69, 9.17) is 25.8 Å². The number of allylic oxidation sites excluding steroid dienone is 1. The molecule has 2 atom stereocenters. The molecule has 4 rings (SSSR count). The van der Waals surface area contributed by atoms with Gasteiger partial charge in [-0.3, -0.25) is 4.79 Å². The molecule has 2 aromatic rings. The van der Waals surface area contributed by atoms with E-state index in [1.165, 1.54) is 0 Å². The van der Waals surface area contributed by atoms with Crippen molar-refractivity contribution in [3.63, 3.8) is 0 Å². The number of halogens is 2. The zero-order valence-corrected chi connectivity index (χ0v) is 25.9. The number of methoxy groups -OCH3 is 1. The second kappa shape index (κ2) is 14.9. The number of carbonyl (C=O) groups is 2. The molecule has 40 heavy (non-hydrogen) atoms. The van der Waals surface area contributed by atoms with Gasteiger partial charge in [0.2, 0.25) is 5.91 Å². The SMILES string of the molecule is COc1cc(C#CCCCCI)ccc1COC(=O)C1=C(C)N(C[C@H]2CCCO2)C(=O)C[C@H]1c1ccc(Cl)cc1. The summed E-state index contributed by atoms with van der Waals surface area (Å²) in [7, 11) is 1.59. The largest absolute Gasteiger partial charge is 0.496 e. The van der Waals surface area contributed by atoms with Gasteiger partial charge in [-0.05, 0) is 66.9 Å². The zero-order valence-electron chi connectivity index (χ0n) is 23.0. The summed E-state index contributed by atoms with van der Waals surface area (Å²) in [4.78, 5) is 28.6. The summed E-state index contributed by atoms with van der Waals surface area (Å²) >= 11 is 8.49. The molecule has 0 bridgehead atoms. The highest BCUT2D eigenvalue weighted by Crippen LogP contribution is 2.38. The van der Waals surface area contributed by atoms with Gasteiger partial charge in [0.05, 0.1) is 25.3 Å². The number of benzene rings is 2. The van der Waals surface area contributed by atoms with Crippen molar-refractivity contribution in [2.24, 2.45) is 0 Å². The first kappa shape index (κ1) is 30.4. The van der Waals surface area contributed by atoms with Crippen molar-refractivity contribution in [3.05, 3.63) is 75.4 Å². The third kappa shape index (κ3) is 7.80. The second-order valence-corrected chi connectivity index (χ2v) is 11.5. The van der Waals surface area contributed by atoms with Crippen LogP contribution in [0.2, 0.25) is 5.02 Å². The fraction of sp³-hybridized carbons (Fsp3) is 0.438. The number of rotatable bonds is 10. The summed E-state index contributed by atoms with van der Waals surface area (Å²) < 4.78 is 18.4. The van der Waals surface area contributed by atoms with Crippen LogP contribution in [0.4, 0.5) is 0 Å². The number of unbranched alkanes of at least 4 members (excludes halogenated alkanes) is 2. The van der Waals surface area contributed by atoms with Gasteiger partial charge in [-0.25, -0.2) is 4.79 Å². The van der Waals surface area contributed by atoms with Gasteiger partial charge in [0, 0.05) is 47.2 Å². The molecular formula is C32H35ClINO5. The quantitative estimate of drug-likeness (QED) is 0.0910. The fourth-order valence-electron chi connectivity index (χ4n) is 5.11. The highest BCUT2D eigenvalue weighted by Gasteiger charge is 2.38. The molecule has 0 unspecified atom stereocenters. The van der Waals surface area contributed by atoms with Crippen molar-refractivity contribution in [1.82, 2.24) is 4.90 Å². The lowest BCUT2D eigenvalue weighted by molar-refractivity contribution is -0.141. The number of alkyl halides is 1. The van der Waals surface area contributed by atoms with Crippen LogP contribution in [0.15, 0.2) is 53.7 Å². The Kier molecular flexibility index (Phi) is 11.3. The minimum atomic E-state index is -0.455. The van der Waals surface area contributed by atoms with Gasteiger partial charge in [0.1, 0.15) is 12.4 Å². The lowest BCUT2D eigenvalue weighted by atomic mass is 9.83. The number of hydrogen-bond donors (Lipinski definition) is 0. The summed E-state index contributed by atoms with van der Waals surface area (Å²) in [5.41, 5.74) is 3.54. The number of amides is 1. The first-order valence-corrected chi connectivity index (χ1v) is 15.6. The number of nitrogens with zero attached hydrogens (tertiary/aromatic N) is 1. The van der Waals surface area contributed by atoms with E-state index in [0.717, 1.165) is 53.2 Å². The monoisotopic (exact) mass is 675 g/mol. The Morgan fingerprint density at radius 1 is 1.20 bits per heavy atom. The van der Waals surface area contributed by atoms with Crippen molar-refractivity contribution < 1.29 is 23.8 Å². The molecule has 2 aliphatic rings. The third-order valence-corrected chi connectivity index (χ3v) is 8.30. The fourth-order valence-corrected chi connectivity index (χ4v) is 5.77. The van der Waals surface area contributed by atoms with Gasteiger partial charge in [-0.15, -0.1) is 0 Å². The average molecular weight is 676 g/mol. The molecule has 2 aliphatic heterocycles. The topological polar surface area (TPSA) is 65.1 Å². The van der Waals surface area contributed by atoms with Gasteiger partial charge in [0.15, 0.2) is 0 Å². The normalized spacial score (nSPS) is 18.9. The van der Waals surface area contributed by atoms with Crippen molar-refractivity contribution in [1.29, 1.82) is 0 Å². The van der Waals surface area contributed by atoms with Crippen molar-refractivity contribution in [2.45, 2.75) is 64.1 Å². The Morgan fingerprint density at radius 2 is 2.00 bits per heavy atom. The highest BCUT2D eigenvalue weighted by molar-refractivity contribution is 14.1. The molecule has 0 radical (unpaired) electrons. The molecule has 1 amide bonds. The number of ether oxygens (including phenoxy) is 3. The molecular weight excluding hydrogens is 641 g/mol. The standard InChI is InChI=1S/C32H35ClINO5/c1-22-31(32(37)40-21-25-11-10-23(18-29(25)38-2)8-5-3-4-6-16-34)28(24-12-14-26(33)15-13-24)19-30(36)35(22)20-27-9-7-17-39-27/h10-15,18,27-28H,3-4,6-7,9,16-17,19-21H2,1-2H3/t27-,28+/m1/s1. The summed E-state index contributed by atoms with van der Waals surface area (Å²) in [6, 6.07) is 12.9. The van der Waals surface area contributed by atoms with E-state index in [1.807, 2.05) is 37.3 Å². The van der Waals surface area contributed by atoms with E-state index in [0.29, 0.717) is 35.2 Å². The predicted octanol–water partition coefficient (Wildman–Crippen LogP) is 6.82. The lowest BCUT2D eigenvalue weighted by Crippen LogP contribution is -2.42. The minimum Gasteiger partial charge on any atom is -0.496 e. The van der Waals surface area contributed by atoms with Gasteiger partial charge in [0.25, 0.3) is 0 Å². The van der Waals surface area contributed by atoms with E-state index in [9.17, 15) is 9.59 Å². The van der Waals surface area contributed by atoms with Crippen LogP contribution < -0.4 is 4.74 Å². The Bertz CT molecular complexity index is 1290. The van der Waals surface area contributed by atoms with Crippen molar-refractivity contribution in [2.75, 3.05) is 24.7 Å². The Balaban J connectivity index is 1.55. The van der Waals surface area contributed by atoms with Gasteiger partial charge in [-0.2, -0.15) is 0 Å². The molecule has 1 fully saturated rings. The summed E-state index contributed by atoms with van der Waals surface area (Å²) in [6.45, 7) is 2.99. The average Bonchev–Trinajstić information content (AvgIpc) is 3.47. The molecule has 1 saturated heterocycles. The van der Waals surface area contributed by atoms with E-state index >= 15 is 0 Å². The first-order chi connectivity index (χ1) is 19.4. The molecule has 0 saturated carbocycles. The summed E-state index contributed by atoms with van der Waals surface area (Å²) in [6.07, 6.45) is 5.13. The van der Waals surface area contributed by atoms with Crippen LogP contribution in [0.1, 0.15) is 68.1 Å². The molecule has 6 nitrogen and oxygen atoms in total. The van der Waals surface area contributed by atoms with Crippen LogP contribution >= 0.6 is 34.2 Å². The maximum absolute atomic E-state index is 13.7. The molecule has 212 valence electrons.